The van der Waals surface area contributed by atoms with Crippen LogP contribution in [0.25, 0.3) is 0 Å². The van der Waals surface area contributed by atoms with Crippen molar-refractivity contribution in [2.75, 3.05) is 26.7 Å². The Morgan fingerprint density at radius 2 is 2.14 bits per heavy atom. The monoisotopic (exact) mass is 284 g/mol. The van der Waals surface area contributed by atoms with Gasteiger partial charge in [-0.1, -0.05) is 30.3 Å². The van der Waals surface area contributed by atoms with Crippen LogP contribution in [0.3, 0.4) is 0 Å². The van der Waals surface area contributed by atoms with E-state index in [2.05, 4.69) is 57.4 Å². The van der Waals surface area contributed by atoms with Crippen molar-refractivity contribution < 1.29 is 0 Å². The summed E-state index contributed by atoms with van der Waals surface area (Å²) in [6, 6.07) is 12.8. The van der Waals surface area contributed by atoms with E-state index in [0.29, 0.717) is 0 Å². The summed E-state index contributed by atoms with van der Waals surface area (Å²) in [6.45, 7) is 5.63. The Bertz CT molecular complexity index is 523. The van der Waals surface area contributed by atoms with Gasteiger partial charge >= 0.3 is 0 Å². The lowest BCUT2D eigenvalue weighted by atomic mass is 10.1. The van der Waals surface area contributed by atoms with E-state index in [-0.39, 0.29) is 0 Å². The molecule has 2 heterocycles. The van der Waals surface area contributed by atoms with E-state index < -0.39 is 0 Å². The fourth-order valence-electron chi connectivity index (χ4n) is 3.22. The third-order valence-electron chi connectivity index (χ3n) is 4.19. The summed E-state index contributed by atoms with van der Waals surface area (Å²) in [5.74, 6) is 0.779. The summed E-state index contributed by atoms with van der Waals surface area (Å²) in [7, 11) is 2.20. The second-order valence-corrected chi connectivity index (χ2v) is 6.15. The van der Waals surface area contributed by atoms with Crippen LogP contribution >= 0.6 is 0 Å². The molecular formula is C17H24N4. The number of aromatic nitrogens is 2. The van der Waals surface area contributed by atoms with Crippen LogP contribution in [0.2, 0.25) is 0 Å². The molecule has 1 aromatic heterocycles. The molecule has 1 fully saturated rings. The number of aromatic amines is 1. The van der Waals surface area contributed by atoms with Gasteiger partial charge in [-0.05, 0) is 37.6 Å². The molecule has 1 unspecified atom stereocenters. The molecule has 0 aliphatic carbocycles. The molecule has 112 valence electrons. The minimum atomic E-state index is 0.779. The van der Waals surface area contributed by atoms with Crippen molar-refractivity contribution in [1.82, 2.24) is 20.0 Å². The molecule has 3 rings (SSSR count). The highest BCUT2D eigenvalue weighted by Gasteiger charge is 2.23. The molecule has 4 nitrogen and oxygen atoms in total. The lowest BCUT2D eigenvalue weighted by Crippen LogP contribution is -2.28. The first-order valence-electron chi connectivity index (χ1n) is 7.72. The summed E-state index contributed by atoms with van der Waals surface area (Å²) in [5.41, 5.74) is 2.61. The SMILES string of the molecule is CN(Cc1ccn[nH]1)CC1CCN(Cc2ccccc2)C1. The smallest absolute Gasteiger partial charge is 0.0492 e. The first-order valence-corrected chi connectivity index (χ1v) is 7.72. The van der Waals surface area contributed by atoms with E-state index in [1.165, 1.54) is 30.8 Å². The Labute approximate surface area is 126 Å². The van der Waals surface area contributed by atoms with Crippen molar-refractivity contribution >= 4 is 0 Å². The molecule has 1 aromatic carbocycles. The number of rotatable bonds is 6. The van der Waals surface area contributed by atoms with E-state index in [4.69, 9.17) is 0 Å². The minimum Gasteiger partial charge on any atom is -0.300 e. The zero-order valence-electron chi connectivity index (χ0n) is 12.7. The molecule has 1 saturated heterocycles. The second-order valence-electron chi connectivity index (χ2n) is 6.15. The number of H-pyrrole nitrogens is 1. The number of likely N-dealkylation sites (tertiary alicyclic amines) is 1. The fraction of sp³-hybridized carbons (Fsp3) is 0.471. The summed E-state index contributed by atoms with van der Waals surface area (Å²) in [5, 5.41) is 7.04. The molecule has 1 aliphatic heterocycles. The molecule has 0 saturated carbocycles. The molecule has 0 bridgehead atoms. The second kappa shape index (κ2) is 6.87. The Kier molecular flexibility index (Phi) is 4.68. The molecule has 1 aliphatic rings. The molecule has 2 aromatic rings. The maximum absolute atomic E-state index is 4.01. The summed E-state index contributed by atoms with van der Waals surface area (Å²) < 4.78 is 0. The van der Waals surface area contributed by atoms with E-state index in [1.807, 2.05) is 12.3 Å². The van der Waals surface area contributed by atoms with Crippen LogP contribution in [0.15, 0.2) is 42.6 Å². The number of hydrogen-bond acceptors (Lipinski definition) is 3. The Hall–Kier alpha value is -1.65. The highest BCUT2D eigenvalue weighted by Crippen LogP contribution is 2.19. The lowest BCUT2D eigenvalue weighted by molar-refractivity contribution is 0.253. The molecule has 0 spiro atoms. The van der Waals surface area contributed by atoms with Gasteiger partial charge in [0.15, 0.2) is 0 Å². The largest absolute Gasteiger partial charge is 0.300 e. The average Bonchev–Trinajstić information content (AvgIpc) is 3.12. The summed E-state index contributed by atoms with van der Waals surface area (Å²) in [4.78, 5) is 4.97. The Balaban J connectivity index is 1.44. The number of nitrogens with one attached hydrogen (secondary N) is 1. The van der Waals surface area contributed by atoms with Crippen LogP contribution in [0.5, 0.6) is 0 Å². The van der Waals surface area contributed by atoms with Gasteiger partial charge in [-0.3, -0.25) is 10.00 Å². The Morgan fingerprint density at radius 1 is 1.29 bits per heavy atom. The predicted octanol–water partition coefficient (Wildman–Crippen LogP) is 2.36. The van der Waals surface area contributed by atoms with Crippen LogP contribution in [-0.4, -0.2) is 46.7 Å². The van der Waals surface area contributed by atoms with Gasteiger partial charge in [0.1, 0.15) is 0 Å². The Morgan fingerprint density at radius 3 is 2.90 bits per heavy atom. The van der Waals surface area contributed by atoms with Crippen molar-refractivity contribution in [2.24, 2.45) is 5.92 Å². The highest BCUT2D eigenvalue weighted by atomic mass is 15.2. The van der Waals surface area contributed by atoms with E-state index in [9.17, 15) is 0 Å². The molecule has 21 heavy (non-hydrogen) atoms. The number of hydrogen-bond donors (Lipinski definition) is 1. The van der Waals surface area contributed by atoms with Gasteiger partial charge in [0, 0.05) is 38.1 Å². The molecule has 4 heteroatoms. The van der Waals surface area contributed by atoms with Crippen molar-refractivity contribution in [3.63, 3.8) is 0 Å². The number of nitrogens with zero attached hydrogens (tertiary/aromatic N) is 3. The van der Waals surface area contributed by atoms with Gasteiger partial charge < -0.3 is 4.90 Å². The molecule has 0 radical (unpaired) electrons. The minimum absolute atomic E-state index is 0.779. The van der Waals surface area contributed by atoms with Crippen molar-refractivity contribution in [2.45, 2.75) is 19.5 Å². The zero-order valence-corrected chi connectivity index (χ0v) is 12.7. The van der Waals surface area contributed by atoms with Crippen LogP contribution in [0.1, 0.15) is 17.7 Å². The third kappa shape index (κ3) is 4.16. The van der Waals surface area contributed by atoms with E-state index in [0.717, 1.165) is 25.6 Å². The standard InChI is InChI=1S/C17H24N4/c1-20(14-17-7-9-18-19-17)11-16-8-10-21(13-16)12-15-5-3-2-4-6-15/h2-7,9,16H,8,10-14H2,1H3,(H,18,19). The zero-order chi connectivity index (χ0) is 14.5. The molecule has 1 N–H and O–H groups in total. The highest BCUT2D eigenvalue weighted by molar-refractivity contribution is 5.14. The van der Waals surface area contributed by atoms with Gasteiger partial charge in [-0.25, -0.2) is 0 Å². The third-order valence-corrected chi connectivity index (χ3v) is 4.19. The van der Waals surface area contributed by atoms with Gasteiger partial charge in [0.25, 0.3) is 0 Å². The van der Waals surface area contributed by atoms with Gasteiger partial charge in [-0.2, -0.15) is 5.10 Å². The van der Waals surface area contributed by atoms with Gasteiger partial charge in [0.05, 0.1) is 0 Å². The van der Waals surface area contributed by atoms with Crippen LogP contribution in [0, 0.1) is 5.92 Å². The van der Waals surface area contributed by atoms with Crippen LogP contribution in [0.4, 0.5) is 0 Å². The van der Waals surface area contributed by atoms with E-state index in [1.54, 1.807) is 0 Å². The van der Waals surface area contributed by atoms with Crippen LogP contribution < -0.4 is 0 Å². The topological polar surface area (TPSA) is 35.2 Å². The van der Waals surface area contributed by atoms with Crippen LogP contribution in [-0.2, 0) is 13.1 Å². The fourth-order valence-corrected chi connectivity index (χ4v) is 3.22. The molecule has 0 amide bonds. The van der Waals surface area contributed by atoms with Gasteiger partial charge in [-0.15, -0.1) is 0 Å². The van der Waals surface area contributed by atoms with Gasteiger partial charge in [0.2, 0.25) is 0 Å². The van der Waals surface area contributed by atoms with E-state index >= 15 is 0 Å². The average molecular weight is 284 g/mol. The quantitative estimate of drug-likeness (QED) is 0.884. The maximum Gasteiger partial charge on any atom is 0.0492 e. The summed E-state index contributed by atoms with van der Waals surface area (Å²) in [6.07, 6.45) is 3.13. The predicted molar refractivity (Wildman–Crippen MR) is 84.7 cm³/mol. The number of benzene rings is 1. The summed E-state index contributed by atoms with van der Waals surface area (Å²) >= 11 is 0. The van der Waals surface area contributed by atoms with Crippen molar-refractivity contribution in [3.8, 4) is 0 Å². The normalized spacial score (nSPS) is 19.4. The van der Waals surface area contributed by atoms with Crippen molar-refractivity contribution in [1.29, 1.82) is 0 Å². The molecular weight excluding hydrogens is 260 g/mol. The first kappa shape index (κ1) is 14.3. The lowest BCUT2D eigenvalue weighted by Gasteiger charge is -2.21. The van der Waals surface area contributed by atoms with Crippen molar-refractivity contribution in [3.05, 3.63) is 53.9 Å². The maximum atomic E-state index is 4.01. The first-order chi connectivity index (χ1) is 10.3. The molecule has 1 atom stereocenters.